The number of rotatable bonds is 6. The molecule has 0 spiro atoms. The van der Waals surface area contributed by atoms with Gasteiger partial charge in [0.25, 0.3) is 0 Å². The van der Waals surface area contributed by atoms with E-state index in [9.17, 15) is 0 Å². The highest BCUT2D eigenvalue weighted by molar-refractivity contribution is 5.43. The smallest absolute Gasteiger partial charge is 0.0199 e. The van der Waals surface area contributed by atoms with Gasteiger partial charge in [0.05, 0.1) is 0 Å². The van der Waals surface area contributed by atoms with Gasteiger partial charge in [-0.05, 0) is 44.3 Å². The standard InChI is InChI=1S/C20H30/c1-5-9-15-19(14-7-3)20(16-11-10-12-17-20)18(8-4)13-6-2/h6-9,13-15H,3,5,10-12,16-17H2,1-2,4H3/b13-6-,15-9-,18-8+,19-14+. The Morgan fingerprint density at radius 3 is 2.25 bits per heavy atom. The summed E-state index contributed by atoms with van der Waals surface area (Å²) in [6.07, 6.45) is 23.1. The van der Waals surface area contributed by atoms with Gasteiger partial charge in [0.1, 0.15) is 0 Å². The summed E-state index contributed by atoms with van der Waals surface area (Å²) >= 11 is 0. The van der Waals surface area contributed by atoms with Crippen LogP contribution in [-0.4, -0.2) is 0 Å². The van der Waals surface area contributed by atoms with E-state index < -0.39 is 0 Å². The molecule has 0 aliphatic heterocycles. The van der Waals surface area contributed by atoms with Crippen LogP contribution >= 0.6 is 0 Å². The van der Waals surface area contributed by atoms with Crippen molar-refractivity contribution in [1.82, 2.24) is 0 Å². The van der Waals surface area contributed by atoms with Crippen LogP contribution in [0, 0.1) is 5.41 Å². The van der Waals surface area contributed by atoms with Gasteiger partial charge < -0.3 is 0 Å². The number of allylic oxidation sites excluding steroid dienone is 9. The molecule has 0 heterocycles. The van der Waals surface area contributed by atoms with Gasteiger partial charge >= 0.3 is 0 Å². The quantitative estimate of drug-likeness (QED) is 0.481. The van der Waals surface area contributed by atoms with Crippen molar-refractivity contribution in [1.29, 1.82) is 0 Å². The van der Waals surface area contributed by atoms with Crippen molar-refractivity contribution >= 4 is 0 Å². The second-order valence-electron chi connectivity index (χ2n) is 5.56. The Morgan fingerprint density at radius 2 is 1.75 bits per heavy atom. The maximum Gasteiger partial charge on any atom is 0.0199 e. The predicted octanol–water partition coefficient (Wildman–Crippen LogP) is 6.54. The average Bonchev–Trinajstić information content (AvgIpc) is 2.49. The average molecular weight is 270 g/mol. The van der Waals surface area contributed by atoms with Gasteiger partial charge in [-0.1, -0.05) is 75.3 Å². The van der Waals surface area contributed by atoms with Crippen molar-refractivity contribution in [3.63, 3.8) is 0 Å². The van der Waals surface area contributed by atoms with Gasteiger partial charge in [0.2, 0.25) is 0 Å². The fourth-order valence-corrected chi connectivity index (χ4v) is 3.36. The predicted molar refractivity (Wildman–Crippen MR) is 91.8 cm³/mol. The molecule has 20 heavy (non-hydrogen) atoms. The van der Waals surface area contributed by atoms with Gasteiger partial charge in [-0.15, -0.1) is 0 Å². The van der Waals surface area contributed by atoms with Gasteiger partial charge in [-0.2, -0.15) is 0 Å². The summed E-state index contributed by atoms with van der Waals surface area (Å²) < 4.78 is 0. The third kappa shape index (κ3) is 3.85. The fraction of sp³-hybridized carbons (Fsp3) is 0.500. The summed E-state index contributed by atoms with van der Waals surface area (Å²) in [4.78, 5) is 0. The van der Waals surface area contributed by atoms with E-state index in [-0.39, 0.29) is 5.41 Å². The van der Waals surface area contributed by atoms with Crippen molar-refractivity contribution in [2.45, 2.75) is 59.3 Å². The highest BCUT2D eigenvalue weighted by Gasteiger charge is 2.36. The van der Waals surface area contributed by atoms with E-state index in [1.807, 2.05) is 6.08 Å². The molecule has 0 amide bonds. The van der Waals surface area contributed by atoms with Gasteiger partial charge in [-0.25, -0.2) is 0 Å². The van der Waals surface area contributed by atoms with E-state index in [4.69, 9.17) is 0 Å². The zero-order chi connectivity index (χ0) is 14.8. The zero-order valence-electron chi connectivity index (χ0n) is 13.5. The van der Waals surface area contributed by atoms with Crippen LogP contribution in [0.25, 0.3) is 0 Å². The lowest BCUT2D eigenvalue weighted by Gasteiger charge is -2.40. The molecule has 1 rings (SSSR count). The molecule has 0 radical (unpaired) electrons. The first-order chi connectivity index (χ1) is 9.75. The van der Waals surface area contributed by atoms with Crippen molar-refractivity contribution in [2.24, 2.45) is 5.41 Å². The van der Waals surface area contributed by atoms with Crippen molar-refractivity contribution in [3.8, 4) is 0 Å². The molecular formula is C20H30. The number of hydrogen-bond acceptors (Lipinski definition) is 0. The lowest BCUT2D eigenvalue weighted by atomic mass is 9.64. The van der Waals surface area contributed by atoms with Crippen LogP contribution in [0.4, 0.5) is 0 Å². The molecule has 110 valence electrons. The summed E-state index contributed by atoms with van der Waals surface area (Å²) in [6.45, 7) is 10.4. The second kappa shape index (κ2) is 8.79. The van der Waals surface area contributed by atoms with Crippen LogP contribution in [0.1, 0.15) is 59.3 Å². The number of hydrogen-bond donors (Lipinski definition) is 0. The van der Waals surface area contributed by atoms with Crippen molar-refractivity contribution in [3.05, 3.63) is 60.3 Å². The molecule has 1 aliphatic carbocycles. The normalized spacial score (nSPS) is 20.8. The zero-order valence-corrected chi connectivity index (χ0v) is 13.5. The summed E-state index contributed by atoms with van der Waals surface area (Å²) in [6, 6.07) is 0. The van der Waals surface area contributed by atoms with E-state index in [1.165, 1.54) is 43.3 Å². The molecule has 1 fully saturated rings. The third-order valence-electron chi connectivity index (χ3n) is 4.30. The van der Waals surface area contributed by atoms with Crippen LogP contribution in [0.5, 0.6) is 0 Å². The minimum Gasteiger partial charge on any atom is -0.0991 e. The van der Waals surface area contributed by atoms with E-state index in [1.54, 1.807) is 0 Å². The van der Waals surface area contributed by atoms with Crippen LogP contribution in [0.3, 0.4) is 0 Å². The molecule has 0 aromatic carbocycles. The Labute approximate surface area is 125 Å². The monoisotopic (exact) mass is 270 g/mol. The van der Waals surface area contributed by atoms with Gasteiger partial charge in [-0.3, -0.25) is 0 Å². The minimum atomic E-state index is 0.194. The molecule has 0 saturated heterocycles. The topological polar surface area (TPSA) is 0 Å². The Bertz CT molecular complexity index is 409. The molecule has 1 saturated carbocycles. The molecule has 0 bridgehead atoms. The first-order valence-corrected chi connectivity index (χ1v) is 8.04. The lowest BCUT2D eigenvalue weighted by Crippen LogP contribution is -2.27. The molecule has 0 heteroatoms. The van der Waals surface area contributed by atoms with E-state index >= 15 is 0 Å². The summed E-state index contributed by atoms with van der Waals surface area (Å²) in [5, 5.41) is 0. The van der Waals surface area contributed by atoms with E-state index in [2.05, 4.69) is 63.8 Å². The third-order valence-corrected chi connectivity index (χ3v) is 4.30. The maximum absolute atomic E-state index is 3.92. The molecule has 0 unspecified atom stereocenters. The maximum atomic E-state index is 3.92. The SMILES string of the molecule is C=C/C=C(\C=C/CC)C1(C(/C=C\C)=C/C)CCCCC1. The molecule has 0 aromatic rings. The Hall–Kier alpha value is -1.30. The van der Waals surface area contributed by atoms with E-state index in [0.29, 0.717) is 0 Å². The Kier molecular flexibility index (Phi) is 7.36. The second-order valence-corrected chi connectivity index (χ2v) is 5.56. The van der Waals surface area contributed by atoms with Crippen LogP contribution in [0.2, 0.25) is 0 Å². The molecule has 1 aliphatic rings. The van der Waals surface area contributed by atoms with Gasteiger partial charge in [0, 0.05) is 5.41 Å². The highest BCUT2D eigenvalue weighted by atomic mass is 14.4. The summed E-state index contributed by atoms with van der Waals surface area (Å²) in [5.74, 6) is 0. The summed E-state index contributed by atoms with van der Waals surface area (Å²) in [7, 11) is 0. The van der Waals surface area contributed by atoms with Crippen LogP contribution < -0.4 is 0 Å². The highest BCUT2D eigenvalue weighted by Crippen LogP contribution is 2.49. The molecular weight excluding hydrogens is 240 g/mol. The van der Waals surface area contributed by atoms with Crippen molar-refractivity contribution in [2.75, 3.05) is 0 Å². The molecule has 0 atom stereocenters. The Balaban J connectivity index is 3.30. The minimum absolute atomic E-state index is 0.194. The molecule has 0 aromatic heterocycles. The van der Waals surface area contributed by atoms with Crippen molar-refractivity contribution < 1.29 is 0 Å². The molecule has 0 N–H and O–H groups in total. The first-order valence-electron chi connectivity index (χ1n) is 8.04. The largest absolute Gasteiger partial charge is 0.0991 e. The molecule has 0 nitrogen and oxygen atoms in total. The first kappa shape index (κ1) is 16.8. The van der Waals surface area contributed by atoms with Crippen LogP contribution in [-0.2, 0) is 0 Å². The van der Waals surface area contributed by atoms with Gasteiger partial charge in [0.15, 0.2) is 0 Å². The summed E-state index contributed by atoms with van der Waals surface area (Å²) in [5.41, 5.74) is 3.09. The Morgan fingerprint density at radius 1 is 1.05 bits per heavy atom. The van der Waals surface area contributed by atoms with E-state index in [0.717, 1.165) is 6.42 Å². The van der Waals surface area contributed by atoms with Crippen LogP contribution in [0.15, 0.2) is 60.3 Å². The fourth-order valence-electron chi connectivity index (χ4n) is 3.36. The lowest BCUT2D eigenvalue weighted by molar-refractivity contribution is 0.300.